The van der Waals surface area contributed by atoms with Crippen molar-refractivity contribution < 1.29 is 15.0 Å². The standard InChI is InChI=1S/C13H14N2O3S/c14-5-6-19-12-4-2-1-3-9(12)13(18)15-7-10(16)11(17)8-15/h1-4,10-11,16-17H,6-8H2. The summed E-state index contributed by atoms with van der Waals surface area (Å²) in [6.07, 6.45) is -1.77. The molecule has 0 spiro atoms. The van der Waals surface area contributed by atoms with Gasteiger partial charge in [0.05, 0.1) is 29.6 Å². The Kier molecular flexibility index (Phi) is 4.43. The molecule has 0 bridgehead atoms. The van der Waals surface area contributed by atoms with Gasteiger partial charge in [-0.15, -0.1) is 11.8 Å². The zero-order chi connectivity index (χ0) is 13.8. The van der Waals surface area contributed by atoms with Crippen LogP contribution in [0.5, 0.6) is 0 Å². The Balaban J connectivity index is 2.17. The maximum Gasteiger partial charge on any atom is 0.255 e. The van der Waals surface area contributed by atoms with Crippen LogP contribution < -0.4 is 0 Å². The summed E-state index contributed by atoms with van der Waals surface area (Å²) in [4.78, 5) is 14.5. The number of nitriles is 1. The molecule has 2 atom stereocenters. The molecule has 1 aromatic carbocycles. The van der Waals surface area contributed by atoms with Crippen LogP contribution in [0.4, 0.5) is 0 Å². The molecule has 100 valence electrons. The van der Waals surface area contributed by atoms with E-state index in [1.807, 2.05) is 12.1 Å². The smallest absolute Gasteiger partial charge is 0.255 e. The average Bonchev–Trinajstić information content (AvgIpc) is 2.76. The number of hydrogen-bond acceptors (Lipinski definition) is 5. The Hall–Kier alpha value is -1.55. The Morgan fingerprint density at radius 2 is 2.00 bits per heavy atom. The van der Waals surface area contributed by atoms with Gasteiger partial charge in [0.25, 0.3) is 5.91 Å². The lowest BCUT2D eigenvalue weighted by atomic mass is 10.2. The number of aliphatic hydroxyl groups excluding tert-OH is 2. The monoisotopic (exact) mass is 278 g/mol. The molecule has 1 aliphatic rings. The van der Waals surface area contributed by atoms with E-state index >= 15 is 0 Å². The number of carbonyl (C=O) groups is 1. The highest BCUT2D eigenvalue weighted by Gasteiger charge is 2.33. The van der Waals surface area contributed by atoms with E-state index in [9.17, 15) is 15.0 Å². The topological polar surface area (TPSA) is 84.6 Å². The molecular formula is C13H14N2O3S. The molecule has 2 rings (SSSR count). The van der Waals surface area contributed by atoms with Crippen LogP contribution >= 0.6 is 11.8 Å². The van der Waals surface area contributed by atoms with Crippen LogP contribution in [0.15, 0.2) is 29.2 Å². The molecule has 0 aliphatic carbocycles. The first-order chi connectivity index (χ1) is 9.13. The van der Waals surface area contributed by atoms with E-state index in [2.05, 4.69) is 0 Å². The Bertz CT molecular complexity index is 505. The Morgan fingerprint density at radius 1 is 1.37 bits per heavy atom. The van der Waals surface area contributed by atoms with Crippen molar-refractivity contribution >= 4 is 17.7 Å². The number of benzene rings is 1. The number of thioether (sulfide) groups is 1. The first-order valence-electron chi connectivity index (χ1n) is 5.87. The predicted molar refractivity (Wildman–Crippen MR) is 70.7 cm³/mol. The third-order valence-corrected chi connectivity index (χ3v) is 3.90. The zero-order valence-electron chi connectivity index (χ0n) is 10.2. The van der Waals surface area contributed by atoms with Crippen molar-refractivity contribution in [2.45, 2.75) is 17.1 Å². The first kappa shape index (κ1) is 13.9. The van der Waals surface area contributed by atoms with Crippen molar-refractivity contribution in [3.63, 3.8) is 0 Å². The van der Waals surface area contributed by atoms with Gasteiger partial charge in [0.2, 0.25) is 0 Å². The third-order valence-electron chi connectivity index (χ3n) is 2.96. The summed E-state index contributed by atoms with van der Waals surface area (Å²) in [6, 6.07) is 9.07. The Morgan fingerprint density at radius 3 is 2.63 bits per heavy atom. The number of hydrogen-bond donors (Lipinski definition) is 2. The Labute approximate surface area is 115 Å². The molecule has 19 heavy (non-hydrogen) atoms. The molecule has 2 N–H and O–H groups in total. The SMILES string of the molecule is N#CCSc1ccccc1C(=O)N1CC(O)C(O)C1. The molecular weight excluding hydrogens is 264 g/mol. The number of carbonyl (C=O) groups excluding carboxylic acids is 1. The molecule has 1 fully saturated rings. The number of aliphatic hydroxyl groups is 2. The van der Waals surface area contributed by atoms with Crippen LogP contribution in [0.2, 0.25) is 0 Å². The summed E-state index contributed by atoms with van der Waals surface area (Å²) >= 11 is 1.30. The van der Waals surface area contributed by atoms with E-state index in [-0.39, 0.29) is 24.7 Å². The largest absolute Gasteiger partial charge is 0.388 e. The fraction of sp³-hybridized carbons (Fsp3) is 0.385. The molecule has 1 aromatic rings. The minimum absolute atomic E-state index is 0.136. The van der Waals surface area contributed by atoms with Gasteiger partial charge in [-0.05, 0) is 12.1 Å². The highest BCUT2D eigenvalue weighted by Crippen LogP contribution is 2.24. The minimum Gasteiger partial charge on any atom is -0.388 e. The van der Waals surface area contributed by atoms with Crippen molar-refractivity contribution in [3.05, 3.63) is 29.8 Å². The van der Waals surface area contributed by atoms with E-state index < -0.39 is 12.2 Å². The number of rotatable bonds is 3. The number of β-amino-alcohol motifs (C(OH)–C–C–N with tert-alkyl or cyclic N) is 2. The van der Waals surface area contributed by atoms with E-state index in [4.69, 9.17) is 5.26 Å². The predicted octanol–water partition coefficient (Wildman–Crippen LogP) is 0.480. The van der Waals surface area contributed by atoms with Gasteiger partial charge in [0.15, 0.2) is 0 Å². The fourth-order valence-corrected chi connectivity index (χ4v) is 2.69. The van der Waals surface area contributed by atoms with Gasteiger partial charge >= 0.3 is 0 Å². The second kappa shape index (κ2) is 6.06. The normalized spacial score (nSPS) is 22.3. The van der Waals surface area contributed by atoms with Crippen LogP contribution in [0.1, 0.15) is 10.4 Å². The second-order valence-corrected chi connectivity index (χ2v) is 5.30. The number of likely N-dealkylation sites (tertiary alicyclic amines) is 1. The highest BCUT2D eigenvalue weighted by molar-refractivity contribution is 7.99. The molecule has 1 aliphatic heterocycles. The maximum absolute atomic E-state index is 12.3. The summed E-state index contributed by atoms with van der Waals surface area (Å²) in [7, 11) is 0. The van der Waals surface area contributed by atoms with Crippen molar-refractivity contribution in [1.29, 1.82) is 5.26 Å². The zero-order valence-corrected chi connectivity index (χ0v) is 11.0. The molecule has 0 radical (unpaired) electrons. The first-order valence-corrected chi connectivity index (χ1v) is 6.86. The molecule has 5 nitrogen and oxygen atoms in total. The van der Waals surface area contributed by atoms with Gasteiger partial charge in [-0.3, -0.25) is 4.79 Å². The molecule has 1 amide bonds. The van der Waals surface area contributed by atoms with Crippen molar-refractivity contribution in [2.75, 3.05) is 18.8 Å². The third kappa shape index (κ3) is 3.07. The van der Waals surface area contributed by atoms with Gasteiger partial charge in [-0.1, -0.05) is 12.1 Å². The van der Waals surface area contributed by atoms with Gasteiger partial charge < -0.3 is 15.1 Å². The van der Waals surface area contributed by atoms with Crippen LogP contribution in [0.3, 0.4) is 0 Å². The van der Waals surface area contributed by atoms with Gasteiger partial charge in [0, 0.05) is 18.0 Å². The molecule has 0 aromatic heterocycles. The molecule has 1 heterocycles. The summed E-state index contributed by atoms with van der Waals surface area (Å²) in [5, 5.41) is 27.6. The number of amides is 1. The minimum atomic E-state index is -0.886. The van der Waals surface area contributed by atoms with E-state index in [1.54, 1.807) is 18.2 Å². The fourth-order valence-electron chi connectivity index (χ4n) is 1.98. The highest BCUT2D eigenvalue weighted by atomic mass is 32.2. The van der Waals surface area contributed by atoms with Crippen molar-refractivity contribution in [1.82, 2.24) is 4.90 Å². The lowest BCUT2D eigenvalue weighted by Gasteiger charge is -2.17. The quantitative estimate of drug-likeness (QED) is 0.786. The summed E-state index contributed by atoms with van der Waals surface area (Å²) < 4.78 is 0. The van der Waals surface area contributed by atoms with Gasteiger partial charge in [-0.25, -0.2) is 0 Å². The van der Waals surface area contributed by atoms with E-state index in [1.165, 1.54) is 16.7 Å². The maximum atomic E-state index is 12.3. The molecule has 6 heteroatoms. The lowest BCUT2D eigenvalue weighted by Crippen LogP contribution is -2.30. The van der Waals surface area contributed by atoms with E-state index in [0.717, 1.165) is 4.90 Å². The summed E-state index contributed by atoms with van der Waals surface area (Å²) in [5.41, 5.74) is 0.504. The van der Waals surface area contributed by atoms with Gasteiger partial charge in [0.1, 0.15) is 0 Å². The molecule has 0 saturated carbocycles. The summed E-state index contributed by atoms with van der Waals surface area (Å²) in [6.45, 7) is 0.272. The average molecular weight is 278 g/mol. The summed E-state index contributed by atoms with van der Waals surface area (Å²) in [5.74, 6) is 0.0480. The number of nitrogens with zero attached hydrogens (tertiary/aromatic N) is 2. The van der Waals surface area contributed by atoms with Crippen LogP contribution in [0.25, 0.3) is 0 Å². The van der Waals surface area contributed by atoms with Crippen LogP contribution in [-0.2, 0) is 0 Å². The van der Waals surface area contributed by atoms with Gasteiger partial charge in [-0.2, -0.15) is 5.26 Å². The molecule has 2 unspecified atom stereocenters. The van der Waals surface area contributed by atoms with E-state index in [0.29, 0.717) is 5.56 Å². The molecule has 1 saturated heterocycles. The second-order valence-electron chi connectivity index (χ2n) is 4.29. The van der Waals surface area contributed by atoms with Crippen molar-refractivity contribution in [2.24, 2.45) is 0 Å². The van der Waals surface area contributed by atoms with Crippen molar-refractivity contribution in [3.8, 4) is 6.07 Å². The van der Waals surface area contributed by atoms with Crippen LogP contribution in [-0.4, -0.2) is 52.1 Å². The van der Waals surface area contributed by atoms with Crippen LogP contribution in [0, 0.1) is 11.3 Å². The lowest BCUT2D eigenvalue weighted by molar-refractivity contribution is 0.0572.